The van der Waals surface area contributed by atoms with Gasteiger partial charge in [0, 0.05) is 6.54 Å². The summed E-state index contributed by atoms with van der Waals surface area (Å²) in [5.74, 6) is -0.263. The third kappa shape index (κ3) is 32.4. The molecule has 0 aromatic rings. The van der Waals surface area contributed by atoms with E-state index in [1.807, 2.05) is 0 Å². The van der Waals surface area contributed by atoms with E-state index in [1.54, 1.807) is 0 Å². The summed E-state index contributed by atoms with van der Waals surface area (Å²) < 4.78 is 27.3. The normalized spacial score (nSPS) is 10.3. The molecule has 0 aliphatic rings. The summed E-state index contributed by atoms with van der Waals surface area (Å²) in [5.41, 5.74) is 4.78. The summed E-state index contributed by atoms with van der Waals surface area (Å²) in [5, 5.41) is 0. The van der Waals surface area contributed by atoms with Crippen LogP contribution in [0.3, 0.4) is 0 Å². The average molecular weight is 345 g/mol. The van der Waals surface area contributed by atoms with E-state index in [-0.39, 0.29) is 47.6 Å². The maximum Gasteiger partial charge on any atom is 1.00 e. The molecule has 0 atom stereocenters. The summed E-state index contributed by atoms with van der Waals surface area (Å²) in [6.45, 7) is 5.58. The van der Waals surface area contributed by atoms with Gasteiger partial charge in [0.1, 0.15) is 0 Å². The Bertz CT molecular complexity index is 334. The third-order valence-corrected chi connectivity index (χ3v) is 3.69. The number of unbranched alkanes of at least 4 members (excludes halogenated alkanes) is 8. The maximum atomic E-state index is 10.5. The second-order valence-corrected chi connectivity index (χ2v) is 6.76. The van der Waals surface area contributed by atoms with Crippen molar-refractivity contribution in [3.8, 4) is 0 Å². The van der Waals surface area contributed by atoms with Crippen LogP contribution in [0.15, 0.2) is 0 Å². The van der Waals surface area contributed by atoms with Crippen molar-refractivity contribution in [3.63, 3.8) is 0 Å². The van der Waals surface area contributed by atoms with Crippen LogP contribution in [0.5, 0.6) is 0 Å². The fourth-order valence-corrected chi connectivity index (χ4v) is 2.08. The zero-order chi connectivity index (χ0) is 16.6. The second-order valence-electron chi connectivity index (χ2n) is 5.19. The van der Waals surface area contributed by atoms with E-state index in [1.165, 1.54) is 51.4 Å². The predicted molar refractivity (Wildman–Crippen MR) is 87.7 cm³/mol. The first-order chi connectivity index (χ1) is 9.83. The van der Waals surface area contributed by atoms with Gasteiger partial charge in [-0.3, -0.25) is 4.55 Å². The average Bonchev–Trinajstić information content (AvgIpc) is 2.36. The molecule has 7 heteroatoms. The molecule has 0 aromatic heterocycles. The summed E-state index contributed by atoms with van der Waals surface area (Å²) in [6, 6.07) is 0. The van der Waals surface area contributed by atoms with Crippen molar-refractivity contribution >= 4 is 15.9 Å². The van der Waals surface area contributed by atoms with Gasteiger partial charge in [0.25, 0.3) is 10.1 Å². The minimum atomic E-state index is -3.80. The zero-order valence-electron chi connectivity index (χ0n) is 14.3. The maximum absolute atomic E-state index is 10.5. The number of ketones is 1. The Kier molecular flexibility index (Phi) is 24.1. The Morgan fingerprint density at radius 3 is 1.68 bits per heavy atom. The first-order valence-electron chi connectivity index (χ1n) is 7.83. The van der Waals surface area contributed by atoms with Crippen LogP contribution in [0, 0.1) is 6.92 Å². The number of rotatable bonds is 12. The van der Waals surface area contributed by atoms with E-state index in [4.69, 9.17) is 10.3 Å². The molecule has 0 spiro atoms. The van der Waals surface area contributed by atoms with Crippen molar-refractivity contribution in [3.05, 3.63) is 6.92 Å². The number of hydrogen-bond donors (Lipinski definition) is 2. The molecule has 0 radical (unpaired) electrons. The molecule has 0 aliphatic carbocycles. The van der Waals surface area contributed by atoms with Crippen LogP contribution in [-0.4, -0.2) is 31.1 Å². The molecule has 0 unspecified atom stereocenters. The second kappa shape index (κ2) is 19.5. The van der Waals surface area contributed by atoms with Crippen LogP contribution in [-0.2, 0) is 14.9 Å². The van der Waals surface area contributed by atoms with E-state index in [0.29, 0.717) is 6.42 Å². The van der Waals surface area contributed by atoms with Crippen molar-refractivity contribution in [2.45, 2.75) is 71.1 Å². The number of Topliss-reactive ketones (excluding diaryl/α,β-unsaturated/α-hetero) is 1. The summed E-state index contributed by atoms with van der Waals surface area (Å²) >= 11 is 0. The molecule has 0 heterocycles. The molecule has 0 amide bonds. The van der Waals surface area contributed by atoms with Gasteiger partial charge in [0.15, 0.2) is 0 Å². The molecule has 0 fully saturated rings. The van der Waals surface area contributed by atoms with E-state index < -0.39 is 10.1 Å². The molecule has 3 N–H and O–H groups in total. The quantitative estimate of drug-likeness (QED) is 0.227. The molecule has 0 bridgehead atoms. The van der Waals surface area contributed by atoms with Crippen LogP contribution >= 0.6 is 0 Å². The molecule has 0 rings (SSSR count). The molecule has 22 heavy (non-hydrogen) atoms. The molecule has 0 saturated heterocycles. The molecule has 0 saturated carbocycles. The van der Waals surface area contributed by atoms with Gasteiger partial charge in [-0.2, -0.15) is 8.42 Å². The number of carbonyl (C=O) groups excluding carboxylic acids is 1. The molecule has 128 valence electrons. The van der Waals surface area contributed by atoms with Crippen LogP contribution in [0.2, 0.25) is 0 Å². The largest absolute Gasteiger partial charge is 1.00 e. The fraction of sp³-hybridized carbons (Fsp3) is 0.867. The molecular weight excluding hydrogens is 313 g/mol. The SMILES string of the molecule is NCCS(=O)(=O)O.[CH2-]C(=O)CCCCCCCCCCC.[Na+]. The van der Waals surface area contributed by atoms with Crippen molar-refractivity contribution < 1.29 is 47.3 Å². The zero-order valence-corrected chi connectivity index (χ0v) is 17.2. The van der Waals surface area contributed by atoms with E-state index in [2.05, 4.69) is 13.8 Å². The van der Waals surface area contributed by atoms with Gasteiger partial charge in [0.05, 0.1) is 5.75 Å². The summed E-state index contributed by atoms with van der Waals surface area (Å²) in [7, 11) is -3.80. The molecule has 0 aliphatic heterocycles. The Labute approximate surface area is 158 Å². The van der Waals surface area contributed by atoms with Gasteiger partial charge in [-0.1, -0.05) is 58.3 Å². The first-order valence-corrected chi connectivity index (χ1v) is 9.44. The van der Waals surface area contributed by atoms with Crippen LogP contribution in [0.25, 0.3) is 0 Å². The van der Waals surface area contributed by atoms with Crippen LogP contribution < -0.4 is 35.3 Å². The van der Waals surface area contributed by atoms with Crippen molar-refractivity contribution in [1.82, 2.24) is 0 Å². The van der Waals surface area contributed by atoms with Crippen molar-refractivity contribution in [2.75, 3.05) is 12.3 Å². The Balaban J connectivity index is -0.000000385. The number of hydrogen-bond acceptors (Lipinski definition) is 4. The minimum absolute atomic E-state index is 0. The molecule has 0 aromatic carbocycles. The van der Waals surface area contributed by atoms with Gasteiger partial charge < -0.3 is 17.5 Å². The number of carbonyl (C=O) groups is 1. The Morgan fingerprint density at radius 1 is 1.00 bits per heavy atom. The van der Waals surface area contributed by atoms with Gasteiger partial charge in [-0.15, -0.1) is 0 Å². The van der Waals surface area contributed by atoms with E-state index >= 15 is 0 Å². The van der Waals surface area contributed by atoms with Crippen molar-refractivity contribution in [2.24, 2.45) is 5.73 Å². The van der Waals surface area contributed by atoms with E-state index in [9.17, 15) is 13.2 Å². The summed E-state index contributed by atoms with van der Waals surface area (Å²) in [4.78, 5) is 10.5. The van der Waals surface area contributed by atoms with Gasteiger partial charge in [0.2, 0.25) is 0 Å². The fourth-order valence-electron chi connectivity index (χ4n) is 1.78. The van der Waals surface area contributed by atoms with Gasteiger partial charge in [-0.25, -0.2) is 0 Å². The summed E-state index contributed by atoms with van der Waals surface area (Å²) in [6.07, 6.45) is 12.4. The standard InChI is InChI=1S/C13H25O.C2H7NO3S.Na/c1-3-4-5-6-7-8-9-10-11-12-13(2)14;3-1-2-7(4,5)6;/h2-12H2,1H3;1-3H2,(H,4,5,6);/q-1;;+1. The van der Waals surface area contributed by atoms with Gasteiger partial charge >= 0.3 is 29.6 Å². The smallest absolute Gasteiger partial charge is 0.339 e. The first kappa shape index (κ1) is 27.3. The van der Waals surface area contributed by atoms with Crippen LogP contribution in [0.4, 0.5) is 0 Å². The predicted octanol–water partition coefficient (Wildman–Crippen LogP) is 0.147. The Morgan fingerprint density at radius 2 is 1.41 bits per heavy atom. The minimum Gasteiger partial charge on any atom is -0.339 e. The topological polar surface area (TPSA) is 97.5 Å². The van der Waals surface area contributed by atoms with Crippen molar-refractivity contribution in [1.29, 1.82) is 0 Å². The molecule has 5 nitrogen and oxygen atoms in total. The number of nitrogens with two attached hydrogens (primary N) is 1. The Hall–Kier alpha value is 0.410. The monoisotopic (exact) mass is 345 g/mol. The third-order valence-electron chi connectivity index (χ3n) is 2.93. The van der Waals surface area contributed by atoms with Gasteiger partial charge in [-0.05, 0) is 18.6 Å². The molecular formula is C15H32NNaO4S. The van der Waals surface area contributed by atoms with E-state index in [0.717, 1.165) is 6.42 Å². The van der Waals surface area contributed by atoms with Crippen LogP contribution in [0.1, 0.15) is 71.1 Å².